The van der Waals surface area contributed by atoms with Crippen molar-refractivity contribution in [3.05, 3.63) is 15.9 Å². The minimum absolute atomic E-state index is 0.716. The van der Waals surface area contributed by atoms with E-state index in [1.165, 1.54) is 48.1 Å². The number of rotatable bonds is 7. The highest BCUT2D eigenvalue weighted by atomic mass is 79.9. The first-order valence-electron chi connectivity index (χ1n) is 8.54. The Morgan fingerprint density at radius 1 is 1.29 bits per heavy atom. The van der Waals surface area contributed by atoms with Gasteiger partial charge in [-0.2, -0.15) is 5.10 Å². The van der Waals surface area contributed by atoms with Gasteiger partial charge in [-0.25, -0.2) is 0 Å². The van der Waals surface area contributed by atoms with Crippen LogP contribution in [-0.4, -0.2) is 27.3 Å². The van der Waals surface area contributed by atoms with Crippen molar-refractivity contribution in [2.45, 2.75) is 78.9 Å². The van der Waals surface area contributed by atoms with E-state index in [2.05, 4.69) is 53.2 Å². The van der Waals surface area contributed by atoms with E-state index in [4.69, 9.17) is 5.10 Å². The Bertz CT molecular complexity index is 447. The minimum Gasteiger partial charge on any atom is -0.294 e. The Morgan fingerprint density at radius 2 is 1.95 bits per heavy atom. The molecule has 0 aliphatic heterocycles. The molecule has 120 valence electrons. The van der Waals surface area contributed by atoms with Gasteiger partial charge in [0.25, 0.3) is 0 Å². The van der Waals surface area contributed by atoms with Gasteiger partial charge in [0.15, 0.2) is 0 Å². The second kappa shape index (κ2) is 7.77. The van der Waals surface area contributed by atoms with Gasteiger partial charge in [-0.3, -0.25) is 9.58 Å². The Kier molecular flexibility index (Phi) is 6.30. The molecule has 1 fully saturated rings. The zero-order valence-corrected chi connectivity index (χ0v) is 15.6. The minimum atomic E-state index is 0.716. The molecule has 0 saturated heterocycles. The van der Waals surface area contributed by atoms with E-state index in [0.717, 1.165) is 25.6 Å². The van der Waals surface area contributed by atoms with Gasteiger partial charge < -0.3 is 0 Å². The molecule has 3 nitrogen and oxygen atoms in total. The van der Waals surface area contributed by atoms with Crippen LogP contribution in [0.3, 0.4) is 0 Å². The number of hydrogen-bond donors (Lipinski definition) is 0. The molecule has 0 radical (unpaired) electrons. The third kappa shape index (κ3) is 4.10. The third-order valence-corrected chi connectivity index (χ3v) is 5.40. The normalized spacial score (nSPS) is 16.5. The molecule has 1 aromatic heterocycles. The van der Waals surface area contributed by atoms with E-state index in [1.54, 1.807) is 0 Å². The van der Waals surface area contributed by atoms with Crippen molar-refractivity contribution < 1.29 is 0 Å². The van der Waals surface area contributed by atoms with E-state index in [0.29, 0.717) is 5.92 Å². The number of hydrogen-bond acceptors (Lipinski definition) is 2. The summed E-state index contributed by atoms with van der Waals surface area (Å²) in [6.07, 6.45) is 6.52. The van der Waals surface area contributed by atoms with Crippen molar-refractivity contribution in [3.8, 4) is 0 Å². The van der Waals surface area contributed by atoms with Crippen LogP contribution in [0.4, 0.5) is 0 Å². The van der Waals surface area contributed by atoms with Gasteiger partial charge in [-0.15, -0.1) is 0 Å². The highest BCUT2D eigenvalue weighted by molar-refractivity contribution is 9.10. The van der Waals surface area contributed by atoms with Crippen LogP contribution in [0.5, 0.6) is 0 Å². The molecular weight excluding hydrogens is 326 g/mol. The molecular formula is C17H30BrN3. The molecule has 1 heterocycles. The van der Waals surface area contributed by atoms with Crippen LogP contribution in [0.1, 0.15) is 64.8 Å². The smallest absolute Gasteiger partial charge is 0.0767 e. The maximum atomic E-state index is 4.75. The highest BCUT2D eigenvalue weighted by Crippen LogP contribution is 2.29. The van der Waals surface area contributed by atoms with Crippen LogP contribution in [0, 0.1) is 5.92 Å². The fraction of sp³-hybridized carbons (Fsp3) is 0.824. The van der Waals surface area contributed by atoms with Crippen LogP contribution in [-0.2, 0) is 19.5 Å². The van der Waals surface area contributed by atoms with Gasteiger partial charge in [-0.1, -0.05) is 33.6 Å². The third-order valence-electron chi connectivity index (χ3n) is 4.49. The maximum Gasteiger partial charge on any atom is 0.0767 e. The SMILES string of the molecule is CCc1nn(CC)c(CN(CC(C)C)C2CCCC2)c1Br. The first kappa shape index (κ1) is 17.0. The van der Waals surface area contributed by atoms with Crippen molar-refractivity contribution in [2.75, 3.05) is 6.54 Å². The maximum absolute atomic E-state index is 4.75. The number of halogens is 1. The van der Waals surface area contributed by atoms with Gasteiger partial charge in [0.05, 0.1) is 15.9 Å². The van der Waals surface area contributed by atoms with Crippen LogP contribution in [0.25, 0.3) is 0 Å². The molecule has 0 bridgehead atoms. The molecule has 21 heavy (non-hydrogen) atoms. The Hall–Kier alpha value is -0.350. The topological polar surface area (TPSA) is 21.1 Å². The lowest BCUT2D eigenvalue weighted by atomic mass is 10.1. The van der Waals surface area contributed by atoms with E-state index in [9.17, 15) is 0 Å². The Balaban J connectivity index is 2.20. The zero-order chi connectivity index (χ0) is 15.4. The van der Waals surface area contributed by atoms with Crippen molar-refractivity contribution >= 4 is 15.9 Å². The van der Waals surface area contributed by atoms with Gasteiger partial charge in [0.1, 0.15) is 0 Å². The number of aromatic nitrogens is 2. The van der Waals surface area contributed by atoms with Crippen molar-refractivity contribution in [1.29, 1.82) is 0 Å². The summed E-state index contributed by atoms with van der Waals surface area (Å²) in [6, 6.07) is 0.768. The number of nitrogens with zero attached hydrogens (tertiary/aromatic N) is 3. The summed E-state index contributed by atoms with van der Waals surface area (Å²) in [5, 5.41) is 4.75. The van der Waals surface area contributed by atoms with Crippen molar-refractivity contribution in [3.63, 3.8) is 0 Å². The van der Waals surface area contributed by atoms with E-state index >= 15 is 0 Å². The summed E-state index contributed by atoms with van der Waals surface area (Å²) in [5.74, 6) is 0.716. The van der Waals surface area contributed by atoms with Crippen LogP contribution in [0.2, 0.25) is 0 Å². The molecule has 1 saturated carbocycles. The molecule has 4 heteroatoms. The summed E-state index contributed by atoms with van der Waals surface area (Å²) in [6.45, 7) is 12.2. The molecule has 1 aliphatic carbocycles. The van der Waals surface area contributed by atoms with Gasteiger partial charge in [0, 0.05) is 25.7 Å². The molecule has 0 aromatic carbocycles. The van der Waals surface area contributed by atoms with Crippen LogP contribution >= 0.6 is 15.9 Å². The van der Waals surface area contributed by atoms with Crippen LogP contribution in [0.15, 0.2) is 4.47 Å². The average molecular weight is 356 g/mol. The first-order valence-corrected chi connectivity index (χ1v) is 9.34. The van der Waals surface area contributed by atoms with E-state index in [-0.39, 0.29) is 0 Å². The van der Waals surface area contributed by atoms with Crippen LogP contribution < -0.4 is 0 Å². The monoisotopic (exact) mass is 355 g/mol. The standard InChI is InChI=1S/C17H30BrN3/c1-5-15-17(18)16(21(6-2)19-15)12-20(11-13(3)4)14-9-7-8-10-14/h13-14H,5-12H2,1-4H3. The lowest BCUT2D eigenvalue weighted by molar-refractivity contribution is 0.163. The molecule has 0 unspecified atom stereocenters. The summed E-state index contributed by atoms with van der Waals surface area (Å²) >= 11 is 3.80. The lowest BCUT2D eigenvalue weighted by Crippen LogP contribution is -2.36. The summed E-state index contributed by atoms with van der Waals surface area (Å²) in [7, 11) is 0. The van der Waals surface area contributed by atoms with E-state index in [1.807, 2.05) is 0 Å². The fourth-order valence-electron chi connectivity index (χ4n) is 3.44. The second-order valence-corrected chi connectivity index (χ2v) is 7.43. The fourth-order valence-corrected chi connectivity index (χ4v) is 4.13. The van der Waals surface area contributed by atoms with E-state index < -0.39 is 0 Å². The molecule has 0 amide bonds. The molecule has 1 aliphatic rings. The molecule has 1 aromatic rings. The highest BCUT2D eigenvalue weighted by Gasteiger charge is 2.25. The van der Waals surface area contributed by atoms with Gasteiger partial charge in [-0.05, 0) is 48.0 Å². The van der Waals surface area contributed by atoms with Gasteiger partial charge >= 0.3 is 0 Å². The zero-order valence-electron chi connectivity index (χ0n) is 14.0. The number of aryl methyl sites for hydroxylation is 2. The lowest BCUT2D eigenvalue weighted by Gasteiger charge is -2.30. The average Bonchev–Trinajstić information content (AvgIpc) is 3.07. The predicted molar refractivity (Wildman–Crippen MR) is 92.5 cm³/mol. The predicted octanol–water partition coefficient (Wildman–Crippen LogP) is 4.63. The molecule has 2 rings (SSSR count). The quantitative estimate of drug-likeness (QED) is 0.710. The molecule has 0 atom stereocenters. The largest absolute Gasteiger partial charge is 0.294 e. The van der Waals surface area contributed by atoms with Crippen molar-refractivity contribution in [1.82, 2.24) is 14.7 Å². The Morgan fingerprint density at radius 3 is 2.48 bits per heavy atom. The first-order chi connectivity index (χ1) is 10.1. The van der Waals surface area contributed by atoms with Crippen molar-refractivity contribution in [2.24, 2.45) is 5.92 Å². The van der Waals surface area contributed by atoms with Gasteiger partial charge in [0.2, 0.25) is 0 Å². The molecule has 0 spiro atoms. The molecule has 0 N–H and O–H groups in total. The summed E-state index contributed by atoms with van der Waals surface area (Å²) in [4.78, 5) is 2.70. The second-order valence-electron chi connectivity index (χ2n) is 6.64. The summed E-state index contributed by atoms with van der Waals surface area (Å²) in [5.41, 5.74) is 2.56. The Labute approximate surface area is 138 Å². The summed E-state index contributed by atoms with van der Waals surface area (Å²) < 4.78 is 3.42.